The first kappa shape index (κ1) is 14.7. The highest BCUT2D eigenvalue weighted by atomic mass is 16.2. The highest BCUT2D eigenvalue weighted by molar-refractivity contribution is 5.80. The number of hydrogen-bond donors (Lipinski definition) is 1. The Morgan fingerprint density at radius 3 is 2.33 bits per heavy atom. The number of carbonyl (C=O) groups excluding carboxylic acids is 1. The maximum absolute atomic E-state index is 11.8. The van der Waals surface area contributed by atoms with Crippen molar-refractivity contribution in [1.29, 1.82) is 0 Å². The fourth-order valence-corrected chi connectivity index (χ4v) is 2.23. The maximum atomic E-state index is 11.8. The van der Waals surface area contributed by atoms with Crippen molar-refractivity contribution in [2.75, 3.05) is 14.1 Å². The third-order valence-corrected chi connectivity index (χ3v) is 3.20. The lowest BCUT2D eigenvalue weighted by Crippen LogP contribution is -2.42. The molecule has 0 aliphatic heterocycles. The SMILES string of the molecule is Cc1ccc(C(C)NC(C)C(=O)N(C)C)c(C)c1. The van der Waals surface area contributed by atoms with Gasteiger partial charge in [0.15, 0.2) is 0 Å². The molecule has 2 atom stereocenters. The second-order valence-corrected chi connectivity index (χ2v) is 5.20. The molecule has 18 heavy (non-hydrogen) atoms. The summed E-state index contributed by atoms with van der Waals surface area (Å²) in [5.41, 5.74) is 3.78. The summed E-state index contributed by atoms with van der Waals surface area (Å²) in [6, 6.07) is 6.42. The van der Waals surface area contributed by atoms with Crippen LogP contribution in [0.5, 0.6) is 0 Å². The molecule has 0 spiro atoms. The third-order valence-electron chi connectivity index (χ3n) is 3.20. The van der Waals surface area contributed by atoms with Crippen molar-refractivity contribution in [1.82, 2.24) is 10.2 Å². The van der Waals surface area contributed by atoms with Crippen LogP contribution in [0.4, 0.5) is 0 Å². The zero-order valence-electron chi connectivity index (χ0n) is 12.2. The molecule has 1 aromatic rings. The van der Waals surface area contributed by atoms with E-state index in [1.807, 2.05) is 6.92 Å². The Balaban J connectivity index is 2.76. The highest BCUT2D eigenvalue weighted by Gasteiger charge is 2.18. The Morgan fingerprint density at radius 2 is 1.83 bits per heavy atom. The van der Waals surface area contributed by atoms with Crippen molar-refractivity contribution in [2.24, 2.45) is 0 Å². The van der Waals surface area contributed by atoms with E-state index in [-0.39, 0.29) is 18.0 Å². The van der Waals surface area contributed by atoms with E-state index in [4.69, 9.17) is 0 Å². The zero-order valence-corrected chi connectivity index (χ0v) is 12.2. The van der Waals surface area contributed by atoms with Crippen LogP contribution in [0.3, 0.4) is 0 Å². The summed E-state index contributed by atoms with van der Waals surface area (Å²) in [4.78, 5) is 13.4. The second kappa shape index (κ2) is 6.01. The second-order valence-electron chi connectivity index (χ2n) is 5.20. The molecule has 2 unspecified atom stereocenters. The smallest absolute Gasteiger partial charge is 0.238 e. The Morgan fingerprint density at radius 1 is 1.22 bits per heavy atom. The number of carbonyl (C=O) groups is 1. The Kier molecular flexibility index (Phi) is 4.91. The van der Waals surface area contributed by atoms with Gasteiger partial charge < -0.3 is 4.90 Å². The number of likely N-dealkylation sites (N-methyl/N-ethyl adjacent to an activating group) is 1. The van der Waals surface area contributed by atoms with E-state index in [0.29, 0.717) is 0 Å². The fraction of sp³-hybridized carbons (Fsp3) is 0.533. The summed E-state index contributed by atoms with van der Waals surface area (Å²) in [6.45, 7) is 8.20. The lowest BCUT2D eigenvalue weighted by molar-refractivity contribution is -0.130. The first-order valence-electron chi connectivity index (χ1n) is 6.37. The van der Waals surface area contributed by atoms with Crippen molar-refractivity contribution in [3.8, 4) is 0 Å². The van der Waals surface area contributed by atoms with Gasteiger partial charge in [0.25, 0.3) is 0 Å². The summed E-state index contributed by atoms with van der Waals surface area (Å²) >= 11 is 0. The Labute approximate surface area is 110 Å². The molecule has 0 fully saturated rings. The molecule has 0 saturated carbocycles. The van der Waals surface area contributed by atoms with Gasteiger partial charge in [-0.15, -0.1) is 0 Å². The molecule has 1 aromatic carbocycles. The molecule has 1 rings (SSSR count). The number of nitrogens with one attached hydrogen (secondary N) is 1. The van der Waals surface area contributed by atoms with Crippen molar-refractivity contribution in [3.05, 3.63) is 34.9 Å². The van der Waals surface area contributed by atoms with E-state index in [1.54, 1.807) is 19.0 Å². The van der Waals surface area contributed by atoms with Crippen LogP contribution in [-0.2, 0) is 4.79 Å². The summed E-state index contributed by atoms with van der Waals surface area (Å²) < 4.78 is 0. The zero-order chi connectivity index (χ0) is 13.9. The molecule has 0 heterocycles. The molecule has 3 nitrogen and oxygen atoms in total. The normalized spacial score (nSPS) is 14.1. The van der Waals surface area contributed by atoms with Crippen LogP contribution >= 0.6 is 0 Å². The Hall–Kier alpha value is -1.35. The van der Waals surface area contributed by atoms with Crippen molar-refractivity contribution in [3.63, 3.8) is 0 Å². The first-order chi connectivity index (χ1) is 8.32. The van der Waals surface area contributed by atoms with Crippen molar-refractivity contribution in [2.45, 2.75) is 39.8 Å². The number of amides is 1. The minimum atomic E-state index is -0.171. The quantitative estimate of drug-likeness (QED) is 0.887. The molecule has 0 aliphatic carbocycles. The predicted octanol–water partition coefficient (Wildman–Crippen LogP) is 2.43. The van der Waals surface area contributed by atoms with Gasteiger partial charge in [0, 0.05) is 20.1 Å². The average molecular weight is 248 g/mol. The van der Waals surface area contributed by atoms with Crippen LogP contribution in [0.25, 0.3) is 0 Å². The lowest BCUT2D eigenvalue weighted by Gasteiger charge is -2.23. The van der Waals surface area contributed by atoms with Crippen LogP contribution in [0.15, 0.2) is 18.2 Å². The van der Waals surface area contributed by atoms with E-state index in [1.165, 1.54) is 16.7 Å². The fourth-order valence-electron chi connectivity index (χ4n) is 2.23. The molecule has 0 saturated heterocycles. The van der Waals surface area contributed by atoms with Crippen LogP contribution in [0.2, 0.25) is 0 Å². The third kappa shape index (κ3) is 3.57. The van der Waals surface area contributed by atoms with E-state index in [0.717, 1.165) is 0 Å². The van der Waals surface area contributed by atoms with E-state index < -0.39 is 0 Å². The van der Waals surface area contributed by atoms with Gasteiger partial charge in [0.2, 0.25) is 5.91 Å². The number of hydrogen-bond acceptors (Lipinski definition) is 2. The number of rotatable bonds is 4. The predicted molar refractivity (Wildman–Crippen MR) is 75.6 cm³/mol. The van der Waals surface area contributed by atoms with Gasteiger partial charge in [-0.3, -0.25) is 10.1 Å². The van der Waals surface area contributed by atoms with Gasteiger partial charge in [-0.2, -0.15) is 0 Å². The average Bonchev–Trinajstić information content (AvgIpc) is 2.27. The van der Waals surface area contributed by atoms with Crippen LogP contribution < -0.4 is 5.32 Å². The van der Waals surface area contributed by atoms with E-state index in [2.05, 4.69) is 44.3 Å². The van der Waals surface area contributed by atoms with E-state index >= 15 is 0 Å². The van der Waals surface area contributed by atoms with Crippen molar-refractivity contribution >= 4 is 5.91 Å². The molecule has 0 radical (unpaired) electrons. The molecule has 1 amide bonds. The summed E-state index contributed by atoms with van der Waals surface area (Å²) in [6.07, 6.45) is 0. The molecule has 0 aromatic heterocycles. The molecular formula is C15H24N2O. The van der Waals surface area contributed by atoms with Gasteiger partial charge in [-0.1, -0.05) is 23.8 Å². The largest absolute Gasteiger partial charge is 0.347 e. The highest BCUT2D eigenvalue weighted by Crippen LogP contribution is 2.19. The number of aryl methyl sites for hydroxylation is 2. The lowest BCUT2D eigenvalue weighted by atomic mass is 10.00. The molecule has 3 heteroatoms. The summed E-state index contributed by atoms with van der Waals surface area (Å²) in [7, 11) is 3.56. The van der Waals surface area contributed by atoms with Crippen LogP contribution in [0.1, 0.15) is 36.6 Å². The maximum Gasteiger partial charge on any atom is 0.238 e. The van der Waals surface area contributed by atoms with E-state index in [9.17, 15) is 4.79 Å². The Bertz CT molecular complexity index is 427. The van der Waals surface area contributed by atoms with Crippen LogP contribution in [0, 0.1) is 13.8 Å². The molecular weight excluding hydrogens is 224 g/mol. The minimum Gasteiger partial charge on any atom is -0.347 e. The van der Waals surface area contributed by atoms with Crippen molar-refractivity contribution < 1.29 is 4.79 Å². The topological polar surface area (TPSA) is 32.3 Å². The van der Waals surface area contributed by atoms with Gasteiger partial charge >= 0.3 is 0 Å². The molecule has 1 N–H and O–H groups in total. The number of nitrogens with zero attached hydrogens (tertiary/aromatic N) is 1. The monoisotopic (exact) mass is 248 g/mol. The van der Waals surface area contributed by atoms with Gasteiger partial charge in [-0.25, -0.2) is 0 Å². The van der Waals surface area contributed by atoms with Gasteiger partial charge in [-0.05, 0) is 38.8 Å². The molecule has 0 aliphatic rings. The minimum absolute atomic E-state index is 0.103. The molecule has 100 valence electrons. The molecule has 0 bridgehead atoms. The summed E-state index contributed by atoms with van der Waals surface area (Å²) in [5, 5.41) is 3.35. The van der Waals surface area contributed by atoms with Gasteiger partial charge in [0.1, 0.15) is 0 Å². The van der Waals surface area contributed by atoms with Crippen LogP contribution in [-0.4, -0.2) is 30.9 Å². The standard InChI is InChI=1S/C15H24N2O/c1-10-7-8-14(11(2)9-10)12(3)16-13(4)15(18)17(5)6/h7-9,12-13,16H,1-6H3. The number of benzene rings is 1. The van der Waals surface area contributed by atoms with Gasteiger partial charge in [0.05, 0.1) is 6.04 Å². The first-order valence-corrected chi connectivity index (χ1v) is 6.37. The summed E-state index contributed by atoms with van der Waals surface area (Å²) in [5.74, 6) is 0.103.